The zero-order chi connectivity index (χ0) is 19.4. The van der Waals surface area contributed by atoms with Crippen LogP contribution in [0.1, 0.15) is 23.2 Å². The molecule has 2 aliphatic rings. The van der Waals surface area contributed by atoms with E-state index in [9.17, 15) is 24.0 Å². The molecule has 1 N–H and O–H groups in total. The third kappa shape index (κ3) is 4.11. The van der Waals surface area contributed by atoms with Crippen LogP contribution in [-0.2, 0) is 23.9 Å². The van der Waals surface area contributed by atoms with Crippen LogP contribution in [0.2, 0.25) is 0 Å². The van der Waals surface area contributed by atoms with Crippen LogP contribution in [0.15, 0.2) is 42.5 Å². The van der Waals surface area contributed by atoms with Crippen LogP contribution in [0.3, 0.4) is 0 Å². The molecule has 1 aromatic carbocycles. The molecule has 0 bridgehead atoms. The Morgan fingerprint density at radius 3 is 2.19 bits per heavy atom. The summed E-state index contributed by atoms with van der Waals surface area (Å²) in [5.74, 6) is -3.94. The number of fused-ring (bicyclic) bond motifs is 1. The maximum atomic E-state index is 12.3. The van der Waals surface area contributed by atoms with E-state index in [2.05, 4.69) is 5.32 Å². The molecule has 3 rings (SSSR count). The van der Waals surface area contributed by atoms with Gasteiger partial charge in [-0.05, 0) is 25.0 Å². The molecule has 1 saturated heterocycles. The molecule has 1 aromatic rings. The van der Waals surface area contributed by atoms with Crippen molar-refractivity contribution in [2.45, 2.75) is 12.8 Å². The minimum atomic E-state index is -0.884. The second kappa shape index (κ2) is 7.94. The Kier molecular flexibility index (Phi) is 5.44. The molecule has 8 heteroatoms. The fourth-order valence-corrected chi connectivity index (χ4v) is 3.17. The van der Waals surface area contributed by atoms with E-state index in [0.717, 1.165) is 4.90 Å². The van der Waals surface area contributed by atoms with Gasteiger partial charge in [-0.1, -0.05) is 30.4 Å². The Bertz CT molecular complexity index is 791. The zero-order valence-electron chi connectivity index (χ0n) is 14.4. The first-order valence-electron chi connectivity index (χ1n) is 8.52. The van der Waals surface area contributed by atoms with E-state index >= 15 is 0 Å². The Morgan fingerprint density at radius 1 is 1.00 bits per heavy atom. The predicted molar refractivity (Wildman–Crippen MR) is 91.9 cm³/mol. The maximum absolute atomic E-state index is 12.3. The quantitative estimate of drug-likeness (QED) is 0.457. The number of likely N-dealkylation sites (tertiary alicyclic amines) is 1. The van der Waals surface area contributed by atoms with E-state index in [-0.39, 0.29) is 0 Å². The first kappa shape index (κ1) is 18.5. The highest BCUT2D eigenvalue weighted by Gasteiger charge is 2.47. The fraction of sp³-hybridized carbons (Fsp3) is 0.316. The van der Waals surface area contributed by atoms with E-state index in [0.29, 0.717) is 18.4 Å². The third-order valence-electron chi connectivity index (χ3n) is 4.54. The van der Waals surface area contributed by atoms with Crippen molar-refractivity contribution in [3.05, 3.63) is 48.0 Å². The first-order chi connectivity index (χ1) is 13.0. The predicted octanol–water partition coefficient (Wildman–Crippen LogP) is 0.437. The summed E-state index contributed by atoms with van der Waals surface area (Å²) >= 11 is 0. The van der Waals surface area contributed by atoms with E-state index < -0.39 is 54.6 Å². The highest BCUT2D eigenvalue weighted by Crippen LogP contribution is 2.34. The molecule has 0 aromatic heterocycles. The van der Waals surface area contributed by atoms with Crippen molar-refractivity contribution in [1.29, 1.82) is 0 Å². The molecule has 27 heavy (non-hydrogen) atoms. The molecule has 2 atom stereocenters. The number of imide groups is 2. The number of ether oxygens (including phenoxy) is 1. The molecule has 0 unspecified atom stereocenters. The Morgan fingerprint density at radius 2 is 1.59 bits per heavy atom. The topological polar surface area (TPSA) is 110 Å². The molecule has 4 amide bonds. The molecule has 1 aliphatic carbocycles. The van der Waals surface area contributed by atoms with E-state index in [1.54, 1.807) is 18.2 Å². The average molecular weight is 370 g/mol. The highest BCUT2D eigenvalue weighted by atomic mass is 16.5. The van der Waals surface area contributed by atoms with E-state index in [1.165, 1.54) is 12.1 Å². The number of esters is 1. The molecule has 1 fully saturated rings. The number of hydrogen-bond acceptors (Lipinski definition) is 6. The van der Waals surface area contributed by atoms with Crippen LogP contribution in [0.25, 0.3) is 0 Å². The molecular formula is C19H18N2O6. The molecule has 8 nitrogen and oxygen atoms in total. The molecule has 1 aliphatic heterocycles. The van der Waals surface area contributed by atoms with Crippen LogP contribution in [0, 0.1) is 11.8 Å². The van der Waals surface area contributed by atoms with Gasteiger partial charge in [-0.25, -0.2) is 0 Å². The number of nitrogens with zero attached hydrogens (tertiary/aromatic N) is 1. The van der Waals surface area contributed by atoms with Crippen molar-refractivity contribution in [3.63, 3.8) is 0 Å². The Balaban J connectivity index is 1.47. The monoisotopic (exact) mass is 370 g/mol. The summed E-state index contributed by atoms with van der Waals surface area (Å²) in [6.45, 7) is -1.22. The van der Waals surface area contributed by atoms with Crippen molar-refractivity contribution in [1.82, 2.24) is 10.2 Å². The normalized spacial score (nSPS) is 21.0. The number of hydrogen-bond donors (Lipinski definition) is 1. The second-order valence-corrected chi connectivity index (χ2v) is 6.32. The van der Waals surface area contributed by atoms with Gasteiger partial charge in [0.1, 0.15) is 6.54 Å². The Labute approximate surface area is 155 Å². The maximum Gasteiger partial charge on any atom is 0.326 e. The largest absolute Gasteiger partial charge is 0.454 e. The van der Waals surface area contributed by atoms with Crippen LogP contribution >= 0.6 is 0 Å². The van der Waals surface area contributed by atoms with Gasteiger partial charge < -0.3 is 4.74 Å². The van der Waals surface area contributed by atoms with Crippen LogP contribution in [-0.4, -0.2) is 47.6 Å². The smallest absolute Gasteiger partial charge is 0.326 e. The van der Waals surface area contributed by atoms with Crippen LogP contribution < -0.4 is 5.32 Å². The summed E-state index contributed by atoms with van der Waals surface area (Å²) in [6.07, 6.45) is 4.65. The molecule has 0 radical (unpaired) electrons. The summed E-state index contributed by atoms with van der Waals surface area (Å²) < 4.78 is 4.79. The SMILES string of the molecule is O=C(COC(=O)CN1C(=O)[C@H]2CC=CC[C@@H]2C1=O)NC(=O)c1ccccc1. The van der Waals surface area contributed by atoms with Gasteiger partial charge in [-0.3, -0.25) is 34.2 Å². The molecular weight excluding hydrogens is 352 g/mol. The number of rotatable bonds is 5. The van der Waals surface area contributed by atoms with Gasteiger partial charge in [0.15, 0.2) is 6.61 Å². The molecule has 140 valence electrons. The summed E-state index contributed by atoms with van der Waals surface area (Å²) in [7, 11) is 0. The summed E-state index contributed by atoms with van der Waals surface area (Å²) in [6, 6.07) is 8.10. The summed E-state index contributed by atoms with van der Waals surface area (Å²) in [4.78, 5) is 60.9. The Hall–Kier alpha value is -3.29. The first-order valence-corrected chi connectivity index (χ1v) is 8.52. The standard InChI is InChI=1S/C19H18N2O6/c22-15(20-17(24)12-6-2-1-3-7-12)11-27-16(23)10-21-18(25)13-8-4-5-9-14(13)19(21)26/h1-7,13-14H,8-11H2,(H,20,22,24)/t13-,14-/m0/s1. The summed E-state index contributed by atoms with van der Waals surface area (Å²) in [5, 5.41) is 2.09. The average Bonchev–Trinajstić information content (AvgIpc) is 2.92. The van der Waals surface area contributed by atoms with Gasteiger partial charge in [-0.2, -0.15) is 0 Å². The van der Waals surface area contributed by atoms with Crippen molar-refractivity contribution >= 4 is 29.6 Å². The van der Waals surface area contributed by atoms with Gasteiger partial charge in [0.05, 0.1) is 11.8 Å². The zero-order valence-corrected chi connectivity index (χ0v) is 14.4. The van der Waals surface area contributed by atoms with Gasteiger partial charge in [0, 0.05) is 5.56 Å². The minimum absolute atomic E-state index is 0.293. The number of amides is 4. The minimum Gasteiger partial charge on any atom is -0.454 e. The summed E-state index contributed by atoms with van der Waals surface area (Å²) in [5.41, 5.74) is 0.293. The number of allylic oxidation sites excluding steroid dienone is 2. The van der Waals surface area contributed by atoms with E-state index in [1.807, 2.05) is 12.2 Å². The fourth-order valence-electron chi connectivity index (χ4n) is 3.17. The van der Waals surface area contributed by atoms with E-state index in [4.69, 9.17) is 4.74 Å². The number of carbonyl (C=O) groups is 5. The number of carbonyl (C=O) groups excluding carboxylic acids is 5. The lowest BCUT2D eigenvalue weighted by molar-refractivity contribution is -0.154. The van der Waals surface area contributed by atoms with Crippen molar-refractivity contribution in [2.24, 2.45) is 11.8 Å². The molecule has 0 spiro atoms. The highest BCUT2D eigenvalue weighted by molar-refractivity contribution is 6.07. The van der Waals surface area contributed by atoms with Crippen molar-refractivity contribution < 1.29 is 28.7 Å². The third-order valence-corrected chi connectivity index (χ3v) is 4.54. The lowest BCUT2D eigenvalue weighted by Gasteiger charge is -2.14. The van der Waals surface area contributed by atoms with Gasteiger partial charge in [0.25, 0.3) is 11.8 Å². The van der Waals surface area contributed by atoms with Gasteiger partial charge in [-0.15, -0.1) is 0 Å². The molecule has 0 saturated carbocycles. The lowest BCUT2D eigenvalue weighted by Crippen LogP contribution is -2.39. The van der Waals surface area contributed by atoms with Crippen LogP contribution in [0.4, 0.5) is 0 Å². The number of nitrogens with one attached hydrogen (secondary N) is 1. The van der Waals surface area contributed by atoms with Gasteiger partial charge >= 0.3 is 5.97 Å². The van der Waals surface area contributed by atoms with Gasteiger partial charge in [0.2, 0.25) is 11.8 Å². The lowest BCUT2D eigenvalue weighted by atomic mass is 9.85. The van der Waals surface area contributed by atoms with Crippen molar-refractivity contribution in [2.75, 3.05) is 13.2 Å². The number of benzene rings is 1. The molecule has 1 heterocycles. The van der Waals surface area contributed by atoms with Crippen LogP contribution in [0.5, 0.6) is 0 Å². The van der Waals surface area contributed by atoms with Crippen molar-refractivity contribution in [3.8, 4) is 0 Å². The second-order valence-electron chi connectivity index (χ2n) is 6.32.